The summed E-state index contributed by atoms with van der Waals surface area (Å²) in [6.07, 6.45) is 3.88. The minimum atomic E-state index is -0.0230. The summed E-state index contributed by atoms with van der Waals surface area (Å²) in [6, 6.07) is 0.131. The average Bonchev–Trinajstić information content (AvgIpc) is 2.88. The molecule has 1 unspecified atom stereocenters. The van der Waals surface area contributed by atoms with E-state index in [4.69, 9.17) is 0 Å². The zero-order valence-corrected chi connectivity index (χ0v) is 13.7. The molecule has 1 aromatic heterocycles. The number of amides is 2. The number of aryl methyl sites for hydroxylation is 1. The lowest BCUT2D eigenvalue weighted by molar-refractivity contribution is -0.142. The number of likely N-dealkylation sites (tertiary alicyclic amines) is 2. The van der Waals surface area contributed by atoms with Gasteiger partial charge in [0.2, 0.25) is 11.8 Å². The van der Waals surface area contributed by atoms with Crippen LogP contribution in [-0.4, -0.2) is 74.9 Å². The smallest absolute Gasteiger partial charge is 0.239 e. The van der Waals surface area contributed by atoms with Crippen molar-refractivity contribution >= 4 is 11.8 Å². The maximum atomic E-state index is 12.3. The highest BCUT2D eigenvalue weighted by Crippen LogP contribution is 2.22. The van der Waals surface area contributed by atoms with Crippen LogP contribution in [-0.2, 0) is 23.1 Å². The molecular formula is C15H24N6O2. The first-order valence-electron chi connectivity index (χ1n) is 8.24. The Balaban J connectivity index is 1.45. The fraction of sp³-hybridized carbons (Fsp3) is 0.733. The molecule has 0 aliphatic carbocycles. The number of nitrogens with one attached hydrogen (secondary N) is 1. The standard InChI is InChI=1S/C15H24N6O2/c1-3-20-6-4-5-13(15(20)23)21-9-11(10-21)17-14(22)7-12-8-16-18-19(12)2/h8,11,13H,3-7,9-10H2,1-2H3,(H,17,22). The molecule has 8 nitrogen and oxygen atoms in total. The van der Waals surface area contributed by atoms with Gasteiger partial charge < -0.3 is 10.2 Å². The lowest BCUT2D eigenvalue weighted by Crippen LogP contribution is -2.66. The summed E-state index contributed by atoms with van der Waals surface area (Å²) in [4.78, 5) is 28.5. The van der Waals surface area contributed by atoms with Gasteiger partial charge in [0.1, 0.15) is 0 Å². The molecule has 0 saturated carbocycles. The predicted molar refractivity (Wildman–Crippen MR) is 83.5 cm³/mol. The highest BCUT2D eigenvalue weighted by molar-refractivity contribution is 5.83. The summed E-state index contributed by atoms with van der Waals surface area (Å²) in [6.45, 7) is 5.18. The summed E-state index contributed by atoms with van der Waals surface area (Å²) in [5, 5.41) is 10.6. The minimum Gasteiger partial charge on any atom is -0.350 e. The molecule has 3 rings (SSSR count). The molecular weight excluding hydrogens is 296 g/mol. The molecule has 23 heavy (non-hydrogen) atoms. The van der Waals surface area contributed by atoms with Crippen LogP contribution in [0.1, 0.15) is 25.5 Å². The second-order valence-electron chi connectivity index (χ2n) is 6.32. The van der Waals surface area contributed by atoms with Gasteiger partial charge in [0.15, 0.2) is 0 Å². The van der Waals surface area contributed by atoms with E-state index in [1.54, 1.807) is 17.9 Å². The molecule has 2 fully saturated rings. The Morgan fingerprint density at radius 3 is 2.87 bits per heavy atom. The van der Waals surface area contributed by atoms with Gasteiger partial charge in [-0.3, -0.25) is 19.2 Å². The normalized spacial score (nSPS) is 23.0. The first-order valence-corrected chi connectivity index (χ1v) is 8.24. The largest absolute Gasteiger partial charge is 0.350 e. The molecule has 1 N–H and O–H groups in total. The van der Waals surface area contributed by atoms with E-state index in [1.165, 1.54) is 0 Å². The number of nitrogens with zero attached hydrogens (tertiary/aromatic N) is 5. The maximum Gasteiger partial charge on any atom is 0.239 e. The van der Waals surface area contributed by atoms with Crippen molar-refractivity contribution in [2.45, 2.75) is 38.3 Å². The zero-order chi connectivity index (χ0) is 16.4. The van der Waals surface area contributed by atoms with E-state index in [1.807, 2.05) is 11.8 Å². The number of carbonyl (C=O) groups excluding carboxylic acids is 2. The summed E-state index contributed by atoms with van der Waals surface area (Å²) < 4.78 is 1.60. The number of rotatable bonds is 5. The third kappa shape index (κ3) is 3.36. The van der Waals surface area contributed by atoms with Crippen molar-refractivity contribution in [2.75, 3.05) is 26.2 Å². The van der Waals surface area contributed by atoms with Gasteiger partial charge in [-0.1, -0.05) is 5.21 Å². The van der Waals surface area contributed by atoms with Crippen molar-refractivity contribution in [3.63, 3.8) is 0 Å². The summed E-state index contributed by atoms with van der Waals surface area (Å²) in [5.41, 5.74) is 0.791. The quantitative estimate of drug-likeness (QED) is 0.765. The molecule has 126 valence electrons. The van der Waals surface area contributed by atoms with E-state index in [0.717, 1.165) is 44.7 Å². The SMILES string of the molecule is CCN1CCCC(N2CC(NC(=O)Cc3cnnn3C)C2)C1=O. The van der Waals surface area contributed by atoms with Crippen LogP contribution in [0.4, 0.5) is 0 Å². The third-order valence-corrected chi connectivity index (χ3v) is 4.75. The lowest BCUT2D eigenvalue weighted by Gasteiger charge is -2.46. The maximum absolute atomic E-state index is 12.3. The first-order chi connectivity index (χ1) is 11.1. The van der Waals surface area contributed by atoms with Crippen LogP contribution in [0.25, 0.3) is 0 Å². The molecule has 2 aliphatic heterocycles. The number of hydrogen-bond donors (Lipinski definition) is 1. The summed E-state index contributed by atoms with van der Waals surface area (Å²) in [5.74, 6) is 0.217. The molecule has 2 amide bonds. The van der Waals surface area contributed by atoms with Crippen LogP contribution in [0, 0.1) is 0 Å². The van der Waals surface area contributed by atoms with Crippen LogP contribution in [0.3, 0.4) is 0 Å². The molecule has 3 heterocycles. The Morgan fingerprint density at radius 2 is 2.22 bits per heavy atom. The van der Waals surface area contributed by atoms with Crippen molar-refractivity contribution in [3.8, 4) is 0 Å². The number of piperidine rings is 1. The van der Waals surface area contributed by atoms with E-state index in [2.05, 4.69) is 20.5 Å². The van der Waals surface area contributed by atoms with Gasteiger partial charge in [-0.15, -0.1) is 5.10 Å². The predicted octanol–water partition coefficient (Wildman–Crippen LogP) is -0.831. The Labute approximate surface area is 135 Å². The van der Waals surface area contributed by atoms with Crippen molar-refractivity contribution in [1.29, 1.82) is 0 Å². The highest BCUT2D eigenvalue weighted by Gasteiger charge is 2.39. The van der Waals surface area contributed by atoms with Crippen LogP contribution in [0.5, 0.6) is 0 Å². The minimum absolute atomic E-state index is 0.00174. The van der Waals surface area contributed by atoms with Crippen LogP contribution < -0.4 is 5.32 Å². The fourth-order valence-corrected chi connectivity index (χ4v) is 3.35. The number of carbonyl (C=O) groups is 2. The van der Waals surface area contributed by atoms with E-state index in [-0.39, 0.29) is 30.3 Å². The molecule has 1 aromatic rings. The van der Waals surface area contributed by atoms with Crippen molar-refractivity contribution in [1.82, 2.24) is 30.1 Å². The van der Waals surface area contributed by atoms with Gasteiger partial charge in [-0.05, 0) is 19.8 Å². The van der Waals surface area contributed by atoms with Gasteiger partial charge in [0.05, 0.1) is 30.4 Å². The average molecular weight is 320 g/mol. The molecule has 0 aromatic carbocycles. The van der Waals surface area contributed by atoms with Crippen LogP contribution in [0.15, 0.2) is 6.20 Å². The second kappa shape index (κ2) is 6.66. The Hall–Kier alpha value is -1.96. The number of aromatic nitrogens is 3. The van der Waals surface area contributed by atoms with Crippen molar-refractivity contribution < 1.29 is 9.59 Å². The number of likely N-dealkylation sites (N-methyl/N-ethyl adjacent to an activating group) is 1. The van der Waals surface area contributed by atoms with Gasteiger partial charge in [-0.2, -0.15) is 0 Å². The monoisotopic (exact) mass is 320 g/mol. The van der Waals surface area contributed by atoms with Crippen molar-refractivity contribution in [3.05, 3.63) is 11.9 Å². The van der Waals surface area contributed by atoms with E-state index >= 15 is 0 Å². The Kier molecular flexibility index (Phi) is 4.61. The molecule has 1 atom stereocenters. The van der Waals surface area contributed by atoms with E-state index in [0.29, 0.717) is 0 Å². The molecule has 0 spiro atoms. The molecule has 2 saturated heterocycles. The first kappa shape index (κ1) is 15.9. The topological polar surface area (TPSA) is 83.4 Å². The van der Waals surface area contributed by atoms with Crippen molar-refractivity contribution in [2.24, 2.45) is 7.05 Å². The third-order valence-electron chi connectivity index (χ3n) is 4.75. The Morgan fingerprint density at radius 1 is 1.43 bits per heavy atom. The number of hydrogen-bond acceptors (Lipinski definition) is 5. The molecule has 2 aliphatic rings. The molecule has 8 heteroatoms. The lowest BCUT2D eigenvalue weighted by atomic mass is 9.97. The van der Waals surface area contributed by atoms with E-state index in [9.17, 15) is 9.59 Å². The van der Waals surface area contributed by atoms with E-state index < -0.39 is 0 Å². The van der Waals surface area contributed by atoms with Crippen LogP contribution in [0.2, 0.25) is 0 Å². The second-order valence-corrected chi connectivity index (χ2v) is 6.32. The highest BCUT2D eigenvalue weighted by atomic mass is 16.2. The van der Waals surface area contributed by atoms with Crippen LogP contribution >= 0.6 is 0 Å². The fourth-order valence-electron chi connectivity index (χ4n) is 3.35. The summed E-state index contributed by atoms with van der Waals surface area (Å²) >= 11 is 0. The molecule has 0 radical (unpaired) electrons. The summed E-state index contributed by atoms with van der Waals surface area (Å²) in [7, 11) is 1.77. The molecule has 0 bridgehead atoms. The van der Waals surface area contributed by atoms with Gasteiger partial charge in [-0.25, -0.2) is 0 Å². The Bertz CT molecular complexity index is 580. The van der Waals surface area contributed by atoms with Gasteiger partial charge in [0.25, 0.3) is 0 Å². The van der Waals surface area contributed by atoms with Gasteiger partial charge >= 0.3 is 0 Å². The van der Waals surface area contributed by atoms with Gasteiger partial charge in [0, 0.05) is 33.2 Å². The zero-order valence-electron chi connectivity index (χ0n) is 13.7.